The maximum Gasteiger partial charge on any atom is 0.191 e. The van der Waals surface area contributed by atoms with Crippen molar-refractivity contribution in [1.82, 2.24) is 10.6 Å². The minimum Gasteiger partial charge on any atom is -0.356 e. The van der Waals surface area contributed by atoms with Crippen molar-refractivity contribution < 1.29 is 4.21 Å². The number of nitrogens with one attached hydrogen (secondary N) is 2. The molecular weight excluding hydrogens is 386 g/mol. The normalized spacial score (nSPS) is 18.1. The van der Waals surface area contributed by atoms with Crippen molar-refractivity contribution >= 4 is 32.7 Å². The molecule has 1 fully saturated rings. The van der Waals surface area contributed by atoms with Gasteiger partial charge in [0, 0.05) is 51.3 Å². The summed E-state index contributed by atoms with van der Waals surface area (Å²) in [5.41, 5.74) is 1.59. The van der Waals surface area contributed by atoms with Gasteiger partial charge in [0.2, 0.25) is 0 Å². The van der Waals surface area contributed by atoms with Gasteiger partial charge in [-0.05, 0) is 51.3 Å². The molecule has 1 unspecified atom stereocenters. The molecule has 4 nitrogen and oxygen atoms in total. The Morgan fingerprint density at radius 2 is 2.04 bits per heavy atom. The van der Waals surface area contributed by atoms with Gasteiger partial charge in [-0.1, -0.05) is 28.1 Å². The average Bonchev–Trinajstić information content (AvgIpc) is 3.30. The van der Waals surface area contributed by atoms with Gasteiger partial charge in [-0.3, -0.25) is 9.20 Å². The van der Waals surface area contributed by atoms with Gasteiger partial charge in [-0.15, -0.1) is 0 Å². The molecule has 1 aromatic rings. The fourth-order valence-corrected chi connectivity index (χ4v) is 3.88. The van der Waals surface area contributed by atoms with Crippen molar-refractivity contribution in [2.24, 2.45) is 4.99 Å². The standard InChI is InChI=1S/C18H28BrN3OS/c1-17(2,3)24(23)11-10-21-16(20-4)22-13-18(8-9-18)14-6-5-7-15(19)12-14/h5-7,12H,8-11,13H2,1-4H3,(H2,20,21,22). The lowest BCUT2D eigenvalue weighted by atomic mass is 9.96. The van der Waals surface area contributed by atoms with Crippen LogP contribution in [0, 0.1) is 0 Å². The zero-order chi connectivity index (χ0) is 17.8. The first-order valence-electron chi connectivity index (χ1n) is 8.36. The van der Waals surface area contributed by atoms with Gasteiger partial charge in [0.05, 0.1) is 0 Å². The molecule has 0 aliphatic heterocycles. The Kier molecular flexibility index (Phi) is 6.48. The number of nitrogens with zero attached hydrogens (tertiary/aromatic N) is 1. The molecule has 1 saturated carbocycles. The summed E-state index contributed by atoms with van der Waals surface area (Å²) in [5.74, 6) is 1.41. The first-order chi connectivity index (χ1) is 11.3. The third-order valence-corrected chi connectivity index (χ3v) is 6.81. The SMILES string of the molecule is CN=C(NCCS(=O)C(C)(C)C)NCC1(c2cccc(Br)c2)CC1. The summed E-state index contributed by atoms with van der Waals surface area (Å²) in [6.45, 7) is 7.54. The molecule has 0 amide bonds. The van der Waals surface area contributed by atoms with Crippen LogP contribution >= 0.6 is 15.9 Å². The molecule has 2 rings (SSSR count). The minimum atomic E-state index is -0.847. The molecule has 0 saturated heterocycles. The third kappa shape index (κ3) is 5.31. The minimum absolute atomic E-state index is 0.169. The smallest absolute Gasteiger partial charge is 0.191 e. The summed E-state index contributed by atoms with van der Waals surface area (Å²) in [6, 6.07) is 8.55. The van der Waals surface area contributed by atoms with E-state index < -0.39 is 10.8 Å². The van der Waals surface area contributed by atoms with Gasteiger partial charge in [-0.25, -0.2) is 0 Å². The number of aliphatic imine (C=N–C) groups is 1. The summed E-state index contributed by atoms with van der Waals surface area (Å²) in [7, 11) is 0.925. The Morgan fingerprint density at radius 3 is 2.58 bits per heavy atom. The molecule has 0 radical (unpaired) electrons. The van der Waals surface area contributed by atoms with Gasteiger partial charge < -0.3 is 10.6 Å². The van der Waals surface area contributed by atoms with Gasteiger partial charge in [0.25, 0.3) is 0 Å². The van der Waals surface area contributed by atoms with Crippen LogP contribution in [0.1, 0.15) is 39.2 Å². The van der Waals surface area contributed by atoms with E-state index in [1.54, 1.807) is 7.05 Å². The number of hydrogen-bond donors (Lipinski definition) is 2. The molecule has 1 aromatic carbocycles. The highest BCUT2D eigenvalue weighted by atomic mass is 79.9. The first-order valence-corrected chi connectivity index (χ1v) is 10.5. The summed E-state index contributed by atoms with van der Waals surface area (Å²) in [6.07, 6.45) is 2.39. The Balaban J connectivity index is 1.83. The second kappa shape index (κ2) is 8.00. The molecule has 0 spiro atoms. The molecule has 6 heteroatoms. The van der Waals surface area contributed by atoms with Gasteiger partial charge in [0.15, 0.2) is 5.96 Å². The second-order valence-electron chi connectivity index (χ2n) is 7.31. The van der Waals surface area contributed by atoms with Crippen molar-refractivity contribution in [2.45, 2.75) is 43.8 Å². The fourth-order valence-electron chi connectivity index (χ4n) is 2.58. The van der Waals surface area contributed by atoms with Crippen LogP contribution in [0.4, 0.5) is 0 Å². The van der Waals surface area contributed by atoms with E-state index in [1.165, 1.54) is 18.4 Å². The lowest BCUT2D eigenvalue weighted by Crippen LogP contribution is -2.43. The Bertz CT molecular complexity index is 621. The monoisotopic (exact) mass is 413 g/mol. The number of halogens is 1. The van der Waals surface area contributed by atoms with Crippen molar-refractivity contribution in [3.05, 3.63) is 34.3 Å². The molecule has 2 N–H and O–H groups in total. The van der Waals surface area contributed by atoms with Crippen LogP contribution in [0.15, 0.2) is 33.7 Å². The summed E-state index contributed by atoms with van der Waals surface area (Å²) in [5, 5.41) is 6.70. The fraction of sp³-hybridized carbons (Fsp3) is 0.611. The molecule has 1 aliphatic rings. The molecular formula is C18H28BrN3OS. The Morgan fingerprint density at radius 1 is 1.33 bits per heavy atom. The van der Waals surface area contributed by atoms with Crippen molar-refractivity contribution in [2.75, 3.05) is 25.9 Å². The van der Waals surface area contributed by atoms with Gasteiger partial charge in [-0.2, -0.15) is 0 Å². The zero-order valence-electron chi connectivity index (χ0n) is 15.0. The summed E-state index contributed by atoms with van der Waals surface area (Å²) in [4.78, 5) is 4.28. The van der Waals surface area contributed by atoms with Gasteiger partial charge >= 0.3 is 0 Å². The first kappa shape index (κ1) is 19.4. The van der Waals surface area contributed by atoms with E-state index in [0.717, 1.165) is 17.0 Å². The molecule has 134 valence electrons. The van der Waals surface area contributed by atoms with E-state index in [1.807, 2.05) is 20.8 Å². The van der Waals surface area contributed by atoms with Crippen LogP contribution in [-0.4, -0.2) is 40.8 Å². The number of guanidine groups is 1. The van der Waals surface area contributed by atoms with Crippen LogP contribution < -0.4 is 10.6 Å². The lowest BCUT2D eigenvalue weighted by molar-refractivity contribution is 0.640. The maximum absolute atomic E-state index is 12.1. The molecule has 1 aliphatic carbocycles. The van der Waals surface area contributed by atoms with Gasteiger partial charge in [0.1, 0.15) is 0 Å². The van der Waals surface area contributed by atoms with E-state index in [4.69, 9.17) is 0 Å². The van der Waals surface area contributed by atoms with E-state index in [0.29, 0.717) is 12.3 Å². The van der Waals surface area contributed by atoms with Crippen molar-refractivity contribution in [1.29, 1.82) is 0 Å². The van der Waals surface area contributed by atoms with Crippen LogP contribution in [0.5, 0.6) is 0 Å². The van der Waals surface area contributed by atoms with E-state index in [9.17, 15) is 4.21 Å². The Hall–Kier alpha value is -0.880. The number of rotatable bonds is 6. The highest BCUT2D eigenvalue weighted by Crippen LogP contribution is 2.48. The van der Waals surface area contributed by atoms with Crippen LogP contribution in [0.3, 0.4) is 0 Å². The van der Waals surface area contributed by atoms with Crippen LogP contribution in [0.2, 0.25) is 0 Å². The highest BCUT2D eigenvalue weighted by molar-refractivity contribution is 9.10. The number of hydrogen-bond acceptors (Lipinski definition) is 2. The third-order valence-electron chi connectivity index (χ3n) is 4.37. The van der Waals surface area contributed by atoms with E-state index in [-0.39, 0.29) is 10.2 Å². The maximum atomic E-state index is 12.1. The largest absolute Gasteiger partial charge is 0.356 e. The molecule has 0 bridgehead atoms. The number of benzene rings is 1. The average molecular weight is 414 g/mol. The second-order valence-corrected chi connectivity index (χ2v) is 10.5. The zero-order valence-corrected chi connectivity index (χ0v) is 17.4. The van der Waals surface area contributed by atoms with Crippen molar-refractivity contribution in [3.8, 4) is 0 Å². The molecule has 0 aromatic heterocycles. The van der Waals surface area contributed by atoms with Crippen LogP contribution in [-0.2, 0) is 16.2 Å². The van der Waals surface area contributed by atoms with Crippen molar-refractivity contribution in [3.63, 3.8) is 0 Å². The van der Waals surface area contributed by atoms with E-state index in [2.05, 4.69) is 55.8 Å². The van der Waals surface area contributed by atoms with Crippen LogP contribution in [0.25, 0.3) is 0 Å². The summed E-state index contributed by atoms with van der Waals surface area (Å²) < 4.78 is 13.0. The lowest BCUT2D eigenvalue weighted by Gasteiger charge is -2.20. The Labute approximate surface area is 156 Å². The predicted molar refractivity (Wildman–Crippen MR) is 107 cm³/mol. The predicted octanol–water partition coefficient (Wildman–Crippen LogP) is 3.19. The molecule has 1 atom stereocenters. The highest BCUT2D eigenvalue weighted by Gasteiger charge is 2.44. The van der Waals surface area contributed by atoms with E-state index >= 15 is 0 Å². The summed E-state index contributed by atoms with van der Waals surface area (Å²) >= 11 is 3.55. The quantitative estimate of drug-likeness (QED) is 0.555. The molecule has 0 heterocycles. The topological polar surface area (TPSA) is 53.5 Å². The molecule has 24 heavy (non-hydrogen) atoms.